The van der Waals surface area contributed by atoms with Crippen LogP contribution in [0, 0.1) is 10.5 Å². The monoisotopic (exact) mass is 405 g/mol. The number of esters is 1. The highest BCUT2D eigenvalue weighted by molar-refractivity contribution is 14.1. The predicted octanol–water partition coefficient (Wildman–Crippen LogP) is 1.74. The zero-order chi connectivity index (χ0) is 16.0. The third-order valence-electron chi connectivity index (χ3n) is 2.90. The van der Waals surface area contributed by atoms with E-state index in [9.17, 15) is 14.4 Å². The van der Waals surface area contributed by atoms with Crippen LogP contribution in [-0.2, 0) is 14.3 Å². The molecule has 1 rings (SSSR count). The van der Waals surface area contributed by atoms with Gasteiger partial charge in [-0.15, -0.1) is 0 Å². The molecular weight excluding hydrogens is 389 g/mol. The fraction of sp³-hybridized carbons (Fsp3) is 0.357. The summed E-state index contributed by atoms with van der Waals surface area (Å²) < 4.78 is 5.23. The Kier molecular flexibility index (Phi) is 6.60. The van der Waals surface area contributed by atoms with Crippen LogP contribution in [0.15, 0.2) is 18.2 Å². The van der Waals surface area contributed by atoms with E-state index in [2.05, 4.69) is 10.1 Å². The Morgan fingerprint density at radius 2 is 2.05 bits per heavy atom. The van der Waals surface area contributed by atoms with Crippen LogP contribution >= 0.6 is 22.6 Å². The third-order valence-corrected chi connectivity index (χ3v) is 4.34. The number of aryl methyl sites for hydroxylation is 1. The fourth-order valence-corrected chi connectivity index (χ4v) is 2.28. The molecule has 2 N–H and O–H groups in total. The van der Waals surface area contributed by atoms with Crippen LogP contribution in [0.2, 0.25) is 0 Å². The maximum atomic E-state index is 12.2. The highest BCUT2D eigenvalue weighted by Gasteiger charge is 2.23. The van der Waals surface area contributed by atoms with Gasteiger partial charge >= 0.3 is 11.9 Å². The van der Waals surface area contributed by atoms with Gasteiger partial charge in [0.1, 0.15) is 6.04 Å². The number of hydrogen-bond donors (Lipinski definition) is 2. The average Bonchev–Trinajstić information content (AvgIpc) is 2.45. The lowest BCUT2D eigenvalue weighted by atomic mass is 10.1. The van der Waals surface area contributed by atoms with E-state index in [4.69, 9.17) is 5.11 Å². The van der Waals surface area contributed by atoms with E-state index in [1.807, 2.05) is 35.6 Å². The van der Waals surface area contributed by atoms with Gasteiger partial charge in [-0.2, -0.15) is 0 Å². The van der Waals surface area contributed by atoms with E-state index < -0.39 is 23.9 Å². The van der Waals surface area contributed by atoms with Gasteiger partial charge in [-0.25, -0.2) is 4.79 Å². The number of amides is 1. The Bertz CT molecular complexity index is 558. The number of nitrogens with one attached hydrogen (secondary N) is 1. The quantitative estimate of drug-likeness (QED) is 0.556. The molecule has 0 aliphatic heterocycles. The van der Waals surface area contributed by atoms with Gasteiger partial charge in [0.25, 0.3) is 5.91 Å². The molecule has 1 amide bonds. The van der Waals surface area contributed by atoms with Crippen molar-refractivity contribution >= 4 is 40.4 Å². The molecule has 7 heteroatoms. The van der Waals surface area contributed by atoms with Gasteiger partial charge in [0.2, 0.25) is 0 Å². The van der Waals surface area contributed by atoms with E-state index in [0.717, 1.165) is 9.13 Å². The number of carbonyl (C=O) groups excluding carboxylic acids is 2. The number of rotatable bonds is 6. The Morgan fingerprint density at radius 3 is 2.62 bits per heavy atom. The Labute approximate surface area is 136 Å². The summed E-state index contributed by atoms with van der Waals surface area (Å²) in [7, 11) is 1.23. The first-order valence-electron chi connectivity index (χ1n) is 6.22. The van der Waals surface area contributed by atoms with E-state index in [-0.39, 0.29) is 12.8 Å². The molecule has 0 radical (unpaired) electrons. The molecule has 1 aromatic rings. The van der Waals surface area contributed by atoms with Crippen molar-refractivity contribution in [2.75, 3.05) is 7.11 Å². The summed E-state index contributed by atoms with van der Waals surface area (Å²) in [5, 5.41) is 11.5. The lowest BCUT2D eigenvalue weighted by Crippen LogP contribution is -2.41. The standard InChI is InChI=1S/C14H16INO5/c1-8-4-3-5-9(12(8)15)13(18)16-10(14(19)20)6-7-11(17)21-2/h3-5,10H,6-7H2,1-2H3,(H,16,18)(H,19,20)/t10-/m0/s1. The molecule has 1 aromatic carbocycles. The molecule has 0 aliphatic rings. The number of carboxylic acids is 1. The minimum Gasteiger partial charge on any atom is -0.480 e. The molecule has 21 heavy (non-hydrogen) atoms. The van der Waals surface area contributed by atoms with Gasteiger partial charge in [-0.1, -0.05) is 12.1 Å². The van der Waals surface area contributed by atoms with Crippen LogP contribution in [0.4, 0.5) is 0 Å². The maximum absolute atomic E-state index is 12.2. The van der Waals surface area contributed by atoms with E-state index in [1.54, 1.807) is 12.1 Å². The van der Waals surface area contributed by atoms with Gasteiger partial charge in [-0.05, 0) is 47.6 Å². The van der Waals surface area contributed by atoms with Crippen LogP contribution in [0.3, 0.4) is 0 Å². The highest BCUT2D eigenvalue weighted by Crippen LogP contribution is 2.17. The van der Waals surface area contributed by atoms with Crippen molar-refractivity contribution in [2.24, 2.45) is 0 Å². The molecule has 0 heterocycles. The van der Waals surface area contributed by atoms with Crippen LogP contribution < -0.4 is 5.32 Å². The van der Waals surface area contributed by atoms with Gasteiger partial charge in [-0.3, -0.25) is 9.59 Å². The number of aliphatic carboxylic acids is 1. The first kappa shape index (κ1) is 17.4. The third kappa shape index (κ3) is 5.00. The summed E-state index contributed by atoms with van der Waals surface area (Å²) >= 11 is 2.04. The molecule has 0 saturated carbocycles. The van der Waals surface area contributed by atoms with Crippen LogP contribution in [0.5, 0.6) is 0 Å². The summed E-state index contributed by atoms with van der Waals surface area (Å²) in [6.07, 6.45) is -0.0885. The summed E-state index contributed by atoms with van der Waals surface area (Å²) in [4.78, 5) is 34.4. The smallest absolute Gasteiger partial charge is 0.326 e. The van der Waals surface area contributed by atoms with Crippen LogP contribution in [0.25, 0.3) is 0 Å². The predicted molar refractivity (Wildman–Crippen MR) is 84.0 cm³/mol. The number of methoxy groups -OCH3 is 1. The number of halogens is 1. The molecule has 0 spiro atoms. The summed E-state index contributed by atoms with van der Waals surface area (Å²) in [5.74, 6) is -2.17. The molecule has 0 aliphatic carbocycles. The zero-order valence-electron chi connectivity index (χ0n) is 11.7. The summed E-state index contributed by atoms with van der Waals surface area (Å²) in [6, 6.07) is 4.10. The number of ether oxygens (including phenoxy) is 1. The minimum absolute atomic E-state index is 0.0177. The SMILES string of the molecule is COC(=O)CC[C@H](NC(=O)c1cccc(C)c1I)C(=O)O. The molecule has 6 nitrogen and oxygen atoms in total. The highest BCUT2D eigenvalue weighted by atomic mass is 127. The second-order valence-corrected chi connectivity index (χ2v) is 5.49. The zero-order valence-corrected chi connectivity index (χ0v) is 13.8. The lowest BCUT2D eigenvalue weighted by Gasteiger charge is -2.15. The van der Waals surface area contributed by atoms with Crippen molar-refractivity contribution in [3.05, 3.63) is 32.9 Å². The summed E-state index contributed by atoms with van der Waals surface area (Å²) in [6.45, 7) is 1.87. The van der Waals surface area contributed by atoms with Crippen molar-refractivity contribution in [1.82, 2.24) is 5.32 Å². The Morgan fingerprint density at radius 1 is 1.38 bits per heavy atom. The normalized spacial score (nSPS) is 11.6. The van der Waals surface area contributed by atoms with Gasteiger partial charge in [0.05, 0.1) is 12.7 Å². The minimum atomic E-state index is -1.19. The largest absolute Gasteiger partial charge is 0.480 e. The first-order chi connectivity index (χ1) is 9.86. The molecule has 0 fully saturated rings. The van der Waals surface area contributed by atoms with Crippen molar-refractivity contribution in [3.8, 4) is 0 Å². The van der Waals surface area contributed by atoms with Gasteiger partial charge in [0, 0.05) is 9.99 Å². The van der Waals surface area contributed by atoms with Crippen LogP contribution in [-0.4, -0.2) is 36.1 Å². The van der Waals surface area contributed by atoms with Gasteiger partial charge in [0.15, 0.2) is 0 Å². The molecule has 0 saturated heterocycles. The maximum Gasteiger partial charge on any atom is 0.326 e. The van der Waals surface area contributed by atoms with Crippen molar-refractivity contribution in [2.45, 2.75) is 25.8 Å². The number of benzene rings is 1. The van der Waals surface area contributed by atoms with Gasteiger partial charge < -0.3 is 15.2 Å². The molecule has 1 atom stereocenters. The topological polar surface area (TPSA) is 92.7 Å². The second-order valence-electron chi connectivity index (χ2n) is 4.42. The Balaban J connectivity index is 2.79. The van der Waals surface area contributed by atoms with Crippen molar-refractivity contribution < 1.29 is 24.2 Å². The molecule has 0 unspecified atom stereocenters. The number of carboxylic acid groups (broad SMARTS) is 1. The van der Waals surface area contributed by atoms with Crippen LogP contribution in [0.1, 0.15) is 28.8 Å². The summed E-state index contributed by atoms with van der Waals surface area (Å²) in [5.41, 5.74) is 1.35. The first-order valence-corrected chi connectivity index (χ1v) is 7.30. The molecule has 0 bridgehead atoms. The average molecular weight is 405 g/mol. The van der Waals surface area contributed by atoms with Crippen molar-refractivity contribution in [1.29, 1.82) is 0 Å². The van der Waals surface area contributed by atoms with E-state index >= 15 is 0 Å². The number of hydrogen-bond acceptors (Lipinski definition) is 4. The second kappa shape index (κ2) is 7.96. The lowest BCUT2D eigenvalue weighted by molar-refractivity contribution is -0.142. The molecular formula is C14H16INO5. The molecule has 114 valence electrons. The van der Waals surface area contributed by atoms with E-state index in [0.29, 0.717) is 5.56 Å². The number of carbonyl (C=O) groups is 3. The fourth-order valence-electron chi connectivity index (χ4n) is 1.68. The molecule has 0 aromatic heterocycles. The van der Waals surface area contributed by atoms with Crippen molar-refractivity contribution in [3.63, 3.8) is 0 Å². The Hall–Kier alpha value is -1.64. The van der Waals surface area contributed by atoms with E-state index in [1.165, 1.54) is 7.11 Å².